The molecule has 0 aliphatic carbocycles. The zero-order chi connectivity index (χ0) is 26.8. The third-order valence-corrected chi connectivity index (χ3v) is 8.19. The SMILES string of the molecule is CCCCCCCCCCCCCCCCc1ccccc1OS(=O)(=O)OS(=O)(=O)Oc1ccccc1. The number of para-hydroxylation sites is 2. The molecule has 0 unspecified atom stereocenters. The molecule has 7 nitrogen and oxygen atoms in total. The van der Waals surface area contributed by atoms with Gasteiger partial charge in [-0.25, -0.2) is 0 Å². The number of benzene rings is 2. The summed E-state index contributed by atoms with van der Waals surface area (Å²) in [5.41, 5.74) is 0.676. The van der Waals surface area contributed by atoms with Crippen LogP contribution in [-0.4, -0.2) is 16.8 Å². The minimum Gasteiger partial charge on any atom is -0.361 e. The van der Waals surface area contributed by atoms with Gasteiger partial charge in [0.05, 0.1) is 0 Å². The van der Waals surface area contributed by atoms with Gasteiger partial charge in [0.1, 0.15) is 11.5 Å². The van der Waals surface area contributed by atoms with Gasteiger partial charge in [0.25, 0.3) is 0 Å². The molecule has 0 spiro atoms. The normalized spacial score (nSPS) is 11.9. The molecule has 0 radical (unpaired) electrons. The van der Waals surface area contributed by atoms with E-state index in [9.17, 15) is 16.8 Å². The first-order valence-electron chi connectivity index (χ1n) is 13.5. The molecule has 9 heteroatoms. The van der Waals surface area contributed by atoms with Crippen molar-refractivity contribution in [1.82, 2.24) is 0 Å². The van der Waals surface area contributed by atoms with Crippen molar-refractivity contribution in [3.8, 4) is 11.5 Å². The first kappa shape index (κ1) is 31.1. The van der Waals surface area contributed by atoms with Crippen LogP contribution in [0.25, 0.3) is 0 Å². The van der Waals surface area contributed by atoms with E-state index < -0.39 is 20.8 Å². The largest absolute Gasteiger partial charge is 0.466 e. The molecule has 0 N–H and O–H groups in total. The highest BCUT2D eigenvalue weighted by atomic mass is 32.3. The van der Waals surface area contributed by atoms with Crippen LogP contribution in [-0.2, 0) is 30.8 Å². The quantitative estimate of drug-likeness (QED) is 0.146. The monoisotopic (exact) mass is 554 g/mol. The van der Waals surface area contributed by atoms with E-state index in [0.717, 1.165) is 19.3 Å². The maximum absolute atomic E-state index is 12.3. The third kappa shape index (κ3) is 14.4. The van der Waals surface area contributed by atoms with Crippen molar-refractivity contribution in [2.24, 2.45) is 0 Å². The summed E-state index contributed by atoms with van der Waals surface area (Å²) >= 11 is 0. The summed E-state index contributed by atoms with van der Waals surface area (Å²) in [6.45, 7) is 2.25. The zero-order valence-electron chi connectivity index (χ0n) is 22.0. The third-order valence-electron chi connectivity index (χ3n) is 6.07. The van der Waals surface area contributed by atoms with Crippen molar-refractivity contribution >= 4 is 20.8 Å². The number of hydrogen-bond donors (Lipinski definition) is 0. The van der Waals surface area contributed by atoms with Crippen LogP contribution in [0.1, 0.15) is 102 Å². The molecule has 0 fully saturated rings. The Morgan fingerprint density at radius 2 is 1.00 bits per heavy atom. The minimum absolute atomic E-state index is 0.0482. The highest BCUT2D eigenvalue weighted by Gasteiger charge is 2.28. The summed E-state index contributed by atoms with van der Waals surface area (Å²) in [5.74, 6) is -0.0250. The van der Waals surface area contributed by atoms with Crippen LogP contribution in [0.4, 0.5) is 0 Å². The number of rotatable bonds is 21. The van der Waals surface area contributed by atoms with Gasteiger partial charge in [-0.2, -0.15) is 16.8 Å². The highest BCUT2D eigenvalue weighted by molar-refractivity contribution is 7.95. The molecule has 0 aliphatic heterocycles. The van der Waals surface area contributed by atoms with Gasteiger partial charge in [0.15, 0.2) is 0 Å². The van der Waals surface area contributed by atoms with Gasteiger partial charge < -0.3 is 8.37 Å². The predicted octanol–water partition coefficient (Wildman–Crippen LogP) is 7.67. The van der Waals surface area contributed by atoms with Crippen LogP contribution >= 0.6 is 0 Å². The number of unbranched alkanes of at least 4 members (excludes halogenated alkanes) is 13. The standard InChI is InChI=1S/C28H42O7S2/c1-2-3-4-5-6-7-8-9-10-11-12-13-14-16-21-26-22-19-20-25-28(26)34-37(31,32)35-36(29,30)33-27-23-17-15-18-24-27/h15,17-20,22-25H,2-14,16,21H2,1H3. The van der Waals surface area contributed by atoms with Crippen molar-refractivity contribution in [2.75, 3.05) is 0 Å². The molecule has 0 amide bonds. The van der Waals surface area contributed by atoms with E-state index in [1.165, 1.54) is 88.8 Å². The lowest BCUT2D eigenvalue weighted by molar-refractivity contribution is 0.350. The van der Waals surface area contributed by atoms with Crippen LogP contribution in [0.3, 0.4) is 0 Å². The second-order valence-electron chi connectivity index (χ2n) is 9.32. The Morgan fingerprint density at radius 3 is 1.57 bits per heavy atom. The number of aryl methyl sites for hydroxylation is 1. The summed E-state index contributed by atoms with van der Waals surface area (Å²) in [5, 5.41) is 0. The van der Waals surface area contributed by atoms with Crippen LogP contribution in [0, 0.1) is 0 Å². The Hall–Kier alpha value is -2.10. The van der Waals surface area contributed by atoms with E-state index in [4.69, 9.17) is 4.18 Å². The maximum Gasteiger partial charge on any atom is 0.466 e. The van der Waals surface area contributed by atoms with Crippen LogP contribution in [0.2, 0.25) is 0 Å². The van der Waals surface area contributed by atoms with Crippen LogP contribution in [0.5, 0.6) is 11.5 Å². The molecular formula is C28H42O7S2. The van der Waals surface area contributed by atoms with Crippen molar-refractivity contribution in [2.45, 2.75) is 103 Å². The van der Waals surface area contributed by atoms with E-state index in [0.29, 0.717) is 12.0 Å². The van der Waals surface area contributed by atoms with Gasteiger partial charge in [-0.3, -0.25) is 0 Å². The average molecular weight is 555 g/mol. The molecule has 0 atom stereocenters. The fourth-order valence-corrected chi connectivity index (χ4v) is 5.90. The van der Waals surface area contributed by atoms with Crippen LogP contribution in [0.15, 0.2) is 54.6 Å². The molecular weight excluding hydrogens is 512 g/mol. The Morgan fingerprint density at radius 1 is 0.541 bits per heavy atom. The van der Waals surface area contributed by atoms with E-state index >= 15 is 0 Å². The first-order valence-corrected chi connectivity index (χ1v) is 16.2. The summed E-state index contributed by atoms with van der Waals surface area (Å²) in [7, 11) is -9.79. The summed E-state index contributed by atoms with van der Waals surface area (Å²) in [6.07, 6.45) is 18.2. The second kappa shape index (κ2) is 17.4. The second-order valence-corrected chi connectivity index (χ2v) is 11.8. The Balaban J connectivity index is 1.66. The lowest BCUT2D eigenvalue weighted by Gasteiger charge is -2.11. The fraction of sp³-hybridized carbons (Fsp3) is 0.571. The molecule has 208 valence electrons. The van der Waals surface area contributed by atoms with E-state index in [-0.39, 0.29) is 11.5 Å². The Labute approximate surface area is 224 Å². The summed E-state index contributed by atoms with van der Waals surface area (Å²) in [4.78, 5) is 0. The molecule has 2 aromatic carbocycles. The molecule has 0 aliphatic rings. The lowest BCUT2D eigenvalue weighted by atomic mass is 10.0. The number of hydrogen-bond acceptors (Lipinski definition) is 7. The lowest BCUT2D eigenvalue weighted by Crippen LogP contribution is -2.22. The maximum atomic E-state index is 12.3. The van der Waals surface area contributed by atoms with Gasteiger partial charge >= 0.3 is 20.8 Å². The van der Waals surface area contributed by atoms with Crippen molar-refractivity contribution in [1.29, 1.82) is 0 Å². The van der Waals surface area contributed by atoms with E-state index in [2.05, 4.69) is 14.7 Å². The molecule has 0 saturated carbocycles. The molecule has 2 rings (SSSR count). The van der Waals surface area contributed by atoms with Crippen molar-refractivity contribution in [3.63, 3.8) is 0 Å². The molecule has 0 aromatic heterocycles. The van der Waals surface area contributed by atoms with Crippen molar-refractivity contribution < 1.29 is 28.8 Å². The molecule has 0 bridgehead atoms. The van der Waals surface area contributed by atoms with Gasteiger partial charge in [0, 0.05) is 0 Å². The van der Waals surface area contributed by atoms with Crippen LogP contribution < -0.4 is 8.37 Å². The average Bonchev–Trinajstić information content (AvgIpc) is 2.84. The Bertz CT molecular complexity index is 1080. The van der Waals surface area contributed by atoms with Crippen molar-refractivity contribution in [3.05, 3.63) is 60.2 Å². The van der Waals surface area contributed by atoms with E-state index in [1.807, 2.05) is 0 Å². The molecule has 37 heavy (non-hydrogen) atoms. The predicted molar refractivity (Wildman–Crippen MR) is 147 cm³/mol. The smallest absolute Gasteiger partial charge is 0.361 e. The molecule has 0 heterocycles. The van der Waals surface area contributed by atoms with Gasteiger partial charge in [-0.15, -0.1) is 0 Å². The molecule has 2 aromatic rings. The summed E-state index contributed by atoms with van der Waals surface area (Å²) < 4.78 is 62.4. The summed E-state index contributed by atoms with van der Waals surface area (Å²) in [6, 6.07) is 14.1. The van der Waals surface area contributed by atoms with E-state index in [1.54, 1.807) is 36.4 Å². The Kier molecular flexibility index (Phi) is 14.6. The molecule has 0 saturated heterocycles. The minimum atomic E-state index is -4.91. The van der Waals surface area contributed by atoms with Gasteiger partial charge in [-0.05, 0) is 36.6 Å². The fourth-order valence-electron chi connectivity index (χ4n) is 4.14. The first-order chi connectivity index (χ1) is 17.8. The van der Waals surface area contributed by atoms with Gasteiger partial charge in [-0.1, -0.05) is 130 Å². The van der Waals surface area contributed by atoms with Gasteiger partial charge in [0.2, 0.25) is 0 Å². The zero-order valence-corrected chi connectivity index (χ0v) is 23.6. The highest BCUT2D eigenvalue weighted by Crippen LogP contribution is 2.24. The topological polar surface area (TPSA) is 96.0 Å².